The summed E-state index contributed by atoms with van der Waals surface area (Å²) in [5.41, 5.74) is 0. The van der Waals surface area contributed by atoms with Gasteiger partial charge in [0.1, 0.15) is 0 Å². The molecular formula is C8H10O4. The highest BCUT2D eigenvalue weighted by Crippen LogP contribution is 2.19. The van der Waals surface area contributed by atoms with Crippen molar-refractivity contribution in [2.45, 2.75) is 0 Å². The van der Waals surface area contributed by atoms with Crippen LogP contribution >= 0.6 is 0 Å². The lowest BCUT2D eigenvalue weighted by Crippen LogP contribution is -1.93. The van der Waals surface area contributed by atoms with E-state index in [9.17, 15) is 0 Å². The second kappa shape index (κ2) is 4.58. The Kier molecular flexibility index (Phi) is 3.37. The van der Waals surface area contributed by atoms with E-state index in [-0.39, 0.29) is 0 Å². The van der Waals surface area contributed by atoms with Crippen molar-refractivity contribution in [1.29, 1.82) is 0 Å². The topological polar surface area (TPSA) is 36.9 Å². The second-order valence-electron chi connectivity index (χ2n) is 1.97. The molecule has 12 heavy (non-hydrogen) atoms. The fourth-order valence-electron chi connectivity index (χ4n) is 0.770. The Balaban J connectivity index is 2.67. The SMILES string of the molecule is COOc1cccc(OOC)c1. The van der Waals surface area contributed by atoms with Crippen LogP contribution in [0.25, 0.3) is 0 Å². The van der Waals surface area contributed by atoms with E-state index in [0.717, 1.165) is 0 Å². The molecule has 1 aromatic rings. The molecule has 0 bridgehead atoms. The number of hydrogen-bond donors (Lipinski definition) is 0. The number of rotatable bonds is 4. The highest BCUT2D eigenvalue weighted by molar-refractivity contribution is 5.32. The second-order valence-corrected chi connectivity index (χ2v) is 1.97. The van der Waals surface area contributed by atoms with Gasteiger partial charge in [0.15, 0.2) is 11.5 Å². The van der Waals surface area contributed by atoms with Crippen molar-refractivity contribution >= 4 is 0 Å². The highest BCUT2D eigenvalue weighted by Gasteiger charge is 1.97. The lowest BCUT2D eigenvalue weighted by atomic mass is 10.3. The Morgan fingerprint density at radius 2 is 1.42 bits per heavy atom. The maximum absolute atomic E-state index is 4.76. The molecule has 0 saturated carbocycles. The minimum absolute atomic E-state index is 0.562. The molecule has 0 unspecified atom stereocenters. The van der Waals surface area contributed by atoms with Crippen LogP contribution in [0.5, 0.6) is 11.5 Å². The van der Waals surface area contributed by atoms with E-state index in [4.69, 9.17) is 9.78 Å². The molecule has 4 heteroatoms. The third kappa shape index (κ3) is 2.41. The standard InChI is InChI=1S/C8H10O4/c1-9-11-7-4-3-5-8(6-7)12-10-2/h3-6H,1-2H3. The average molecular weight is 170 g/mol. The van der Waals surface area contributed by atoms with Crippen LogP contribution in [0.2, 0.25) is 0 Å². The van der Waals surface area contributed by atoms with E-state index in [1.165, 1.54) is 14.2 Å². The maximum atomic E-state index is 4.76. The maximum Gasteiger partial charge on any atom is 0.169 e. The summed E-state index contributed by atoms with van der Waals surface area (Å²) in [5, 5.41) is 0. The summed E-state index contributed by atoms with van der Waals surface area (Å²) in [4.78, 5) is 18.4. The monoisotopic (exact) mass is 170 g/mol. The van der Waals surface area contributed by atoms with Crippen LogP contribution in [-0.2, 0) is 9.78 Å². The van der Waals surface area contributed by atoms with Gasteiger partial charge in [-0.15, -0.1) is 0 Å². The Morgan fingerprint density at radius 1 is 0.917 bits per heavy atom. The molecule has 0 aromatic heterocycles. The van der Waals surface area contributed by atoms with Gasteiger partial charge in [-0.1, -0.05) is 6.07 Å². The van der Waals surface area contributed by atoms with Crippen molar-refractivity contribution < 1.29 is 19.6 Å². The van der Waals surface area contributed by atoms with Crippen molar-refractivity contribution in [3.05, 3.63) is 24.3 Å². The third-order valence-electron chi connectivity index (χ3n) is 1.16. The van der Waals surface area contributed by atoms with Gasteiger partial charge in [-0.2, -0.15) is 9.78 Å². The zero-order valence-electron chi connectivity index (χ0n) is 6.94. The zero-order valence-corrected chi connectivity index (χ0v) is 6.94. The summed E-state index contributed by atoms with van der Waals surface area (Å²) in [7, 11) is 2.87. The molecule has 0 spiro atoms. The van der Waals surface area contributed by atoms with E-state index in [0.29, 0.717) is 11.5 Å². The predicted octanol–water partition coefficient (Wildman–Crippen LogP) is 1.57. The third-order valence-corrected chi connectivity index (χ3v) is 1.16. The fourth-order valence-corrected chi connectivity index (χ4v) is 0.770. The number of benzene rings is 1. The fraction of sp³-hybridized carbons (Fsp3) is 0.250. The smallest absolute Gasteiger partial charge is 0.169 e. The van der Waals surface area contributed by atoms with Crippen LogP contribution in [0, 0.1) is 0 Å². The molecule has 4 nitrogen and oxygen atoms in total. The molecule has 0 heterocycles. The Labute approximate surface area is 70.5 Å². The van der Waals surface area contributed by atoms with E-state index in [2.05, 4.69) is 9.78 Å². The van der Waals surface area contributed by atoms with Crippen LogP contribution in [-0.4, -0.2) is 14.2 Å². The first kappa shape index (κ1) is 8.83. The normalized spacial score (nSPS) is 9.50. The lowest BCUT2D eigenvalue weighted by molar-refractivity contribution is -0.184. The summed E-state index contributed by atoms with van der Waals surface area (Å²) in [6, 6.07) is 6.90. The Hall–Kier alpha value is -1.26. The summed E-state index contributed by atoms with van der Waals surface area (Å²) in [5.74, 6) is 1.12. The molecular weight excluding hydrogens is 160 g/mol. The quantitative estimate of drug-likeness (QED) is 0.507. The zero-order chi connectivity index (χ0) is 8.81. The summed E-state index contributed by atoms with van der Waals surface area (Å²) in [6.07, 6.45) is 0. The van der Waals surface area contributed by atoms with Gasteiger partial charge in [-0.25, -0.2) is 0 Å². The van der Waals surface area contributed by atoms with E-state index >= 15 is 0 Å². The van der Waals surface area contributed by atoms with Crippen LogP contribution < -0.4 is 9.78 Å². The van der Waals surface area contributed by atoms with E-state index in [1.807, 2.05) is 0 Å². The largest absolute Gasteiger partial charge is 0.338 e. The van der Waals surface area contributed by atoms with Gasteiger partial charge in [0, 0.05) is 6.07 Å². The van der Waals surface area contributed by atoms with Crippen LogP contribution in [0.1, 0.15) is 0 Å². The first-order chi connectivity index (χ1) is 5.86. The van der Waals surface area contributed by atoms with Gasteiger partial charge >= 0.3 is 0 Å². The average Bonchev–Trinajstić information content (AvgIpc) is 2.06. The minimum atomic E-state index is 0.562. The molecule has 0 radical (unpaired) electrons. The molecule has 66 valence electrons. The van der Waals surface area contributed by atoms with Crippen molar-refractivity contribution in [1.82, 2.24) is 0 Å². The number of hydrogen-bond acceptors (Lipinski definition) is 4. The molecule has 0 aliphatic heterocycles. The van der Waals surface area contributed by atoms with Crippen LogP contribution in [0.3, 0.4) is 0 Å². The predicted molar refractivity (Wildman–Crippen MR) is 41.7 cm³/mol. The van der Waals surface area contributed by atoms with Crippen molar-refractivity contribution in [3.8, 4) is 11.5 Å². The van der Waals surface area contributed by atoms with Crippen LogP contribution in [0.4, 0.5) is 0 Å². The molecule has 0 saturated heterocycles. The molecule has 0 fully saturated rings. The lowest BCUT2D eigenvalue weighted by Gasteiger charge is -2.03. The highest BCUT2D eigenvalue weighted by atomic mass is 17.2. The molecule has 0 aliphatic carbocycles. The minimum Gasteiger partial charge on any atom is -0.338 e. The van der Waals surface area contributed by atoms with Gasteiger partial charge in [0.2, 0.25) is 0 Å². The van der Waals surface area contributed by atoms with Gasteiger partial charge in [-0.3, -0.25) is 0 Å². The summed E-state index contributed by atoms with van der Waals surface area (Å²) < 4.78 is 0. The van der Waals surface area contributed by atoms with Gasteiger partial charge in [-0.05, 0) is 12.1 Å². The Morgan fingerprint density at radius 3 is 1.83 bits per heavy atom. The molecule has 0 N–H and O–H groups in total. The van der Waals surface area contributed by atoms with Crippen molar-refractivity contribution in [2.75, 3.05) is 14.2 Å². The molecule has 0 atom stereocenters. The Bertz CT molecular complexity index is 215. The van der Waals surface area contributed by atoms with Gasteiger partial charge in [0.05, 0.1) is 14.2 Å². The molecule has 1 rings (SSSR count). The van der Waals surface area contributed by atoms with E-state index in [1.54, 1.807) is 24.3 Å². The van der Waals surface area contributed by atoms with Gasteiger partial charge < -0.3 is 9.78 Å². The molecule has 0 aliphatic rings. The first-order valence-corrected chi connectivity index (χ1v) is 3.38. The van der Waals surface area contributed by atoms with E-state index < -0.39 is 0 Å². The summed E-state index contributed by atoms with van der Waals surface area (Å²) in [6.45, 7) is 0. The summed E-state index contributed by atoms with van der Waals surface area (Å²) >= 11 is 0. The van der Waals surface area contributed by atoms with Gasteiger partial charge in [0.25, 0.3) is 0 Å². The van der Waals surface area contributed by atoms with Crippen molar-refractivity contribution in [2.24, 2.45) is 0 Å². The molecule has 0 amide bonds. The van der Waals surface area contributed by atoms with Crippen LogP contribution in [0.15, 0.2) is 24.3 Å². The first-order valence-electron chi connectivity index (χ1n) is 3.38. The van der Waals surface area contributed by atoms with Crippen molar-refractivity contribution in [3.63, 3.8) is 0 Å². The molecule has 1 aromatic carbocycles.